The van der Waals surface area contributed by atoms with Gasteiger partial charge in [0.2, 0.25) is 12.7 Å². The lowest BCUT2D eigenvalue weighted by molar-refractivity contribution is -0.126. The lowest BCUT2D eigenvalue weighted by Gasteiger charge is -2.45. The molecule has 0 spiro atoms. The van der Waals surface area contributed by atoms with E-state index >= 15 is 0 Å². The molecule has 2 N–H and O–H groups in total. The van der Waals surface area contributed by atoms with Gasteiger partial charge >= 0.3 is 0 Å². The Hall–Kier alpha value is -2.05. The number of anilines is 1. The van der Waals surface area contributed by atoms with Crippen molar-refractivity contribution >= 4 is 27.5 Å². The molecule has 0 aliphatic carbocycles. The van der Waals surface area contributed by atoms with Crippen LogP contribution in [0.25, 0.3) is 0 Å². The number of nitrogens with two attached hydrogens (primary N) is 1. The van der Waals surface area contributed by atoms with Crippen molar-refractivity contribution in [1.29, 1.82) is 0 Å². The molecule has 0 unspecified atom stereocenters. The molecule has 6 heteroatoms. The first-order valence-electron chi connectivity index (χ1n) is 6.89. The van der Waals surface area contributed by atoms with Crippen LogP contribution in [0.4, 0.5) is 5.69 Å². The van der Waals surface area contributed by atoms with E-state index in [4.69, 9.17) is 15.2 Å². The SMILES string of the molecule is N[C@H]1C(=O)N(c2ccc(Br)cc2)[C@@H]1c1ccc2c(c1)OCO2. The maximum absolute atomic E-state index is 12.2. The molecule has 22 heavy (non-hydrogen) atoms. The van der Waals surface area contributed by atoms with E-state index in [9.17, 15) is 4.79 Å². The Labute approximate surface area is 135 Å². The molecule has 4 rings (SSSR count). The lowest BCUT2D eigenvalue weighted by Crippen LogP contribution is -2.63. The maximum Gasteiger partial charge on any atom is 0.247 e. The average molecular weight is 361 g/mol. The summed E-state index contributed by atoms with van der Waals surface area (Å²) in [5, 5.41) is 0. The van der Waals surface area contributed by atoms with Crippen LogP contribution < -0.4 is 20.1 Å². The first kappa shape index (κ1) is 13.6. The van der Waals surface area contributed by atoms with Crippen LogP contribution in [0.2, 0.25) is 0 Å². The van der Waals surface area contributed by atoms with E-state index in [1.165, 1.54) is 0 Å². The maximum atomic E-state index is 12.2. The Kier molecular flexibility index (Phi) is 3.09. The third-order valence-corrected chi connectivity index (χ3v) is 4.51. The number of hydrogen-bond acceptors (Lipinski definition) is 4. The van der Waals surface area contributed by atoms with Crippen molar-refractivity contribution in [3.05, 3.63) is 52.5 Å². The highest BCUT2D eigenvalue weighted by Gasteiger charge is 2.46. The van der Waals surface area contributed by atoms with Gasteiger partial charge in [-0.1, -0.05) is 22.0 Å². The highest BCUT2D eigenvalue weighted by molar-refractivity contribution is 9.10. The molecule has 0 bridgehead atoms. The minimum Gasteiger partial charge on any atom is -0.454 e. The van der Waals surface area contributed by atoms with Crippen molar-refractivity contribution in [3.8, 4) is 11.5 Å². The van der Waals surface area contributed by atoms with E-state index in [-0.39, 0.29) is 18.7 Å². The largest absolute Gasteiger partial charge is 0.454 e. The van der Waals surface area contributed by atoms with Gasteiger partial charge in [0, 0.05) is 10.2 Å². The van der Waals surface area contributed by atoms with Crippen molar-refractivity contribution < 1.29 is 14.3 Å². The van der Waals surface area contributed by atoms with Gasteiger partial charge in [0.1, 0.15) is 6.04 Å². The molecule has 1 amide bonds. The van der Waals surface area contributed by atoms with Crippen molar-refractivity contribution in [2.24, 2.45) is 5.73 Å². The van der Waals surface area contributed by atoms with Crippen molar-refractivity contribution in [2.45, 2.75) is 12.1 Å². The van der Waals surface area contributed by atoms with E-state index < -0.39 is 6.04 Å². The van der Waals surface area contributed by atoms with Crippen LogP contribution in [0, 0.1) is 0 Å². The molecule has 112 valence electrons. The molecule has 2 aromatic rings. The standard InChI is InChI=1S/C16H13BrN2O3/c17-10-2-4-11(5-3-10)19-15(14(18)16(19)20)9-1-6-12-13(7-9)22-8-21-12/h1-7,14-15H,8,18H2/t14-,15-/m1/s1. The number of benzene rings is 2. The van der Waals surface area contributed by atoms with Gasteiger partial charge < -0.3 is 20.1 Å². The van der Waals surface area contributed by atoms with Crippen LogP contribution in [0.5, 0.6) is 11.5 Å². The van der Waals surface area contributed by atoms with Gasteiger partial charge in [0.05, 0.1) is 6.04 Å². The number of halogens is 1. The topological polar surface area (TPSA) is 64.8 Å². The van der Waals surface area contributed by atoms with Gasteiger partial charge in [-0.05, 0) is 42.0 Å². The second-order valence-electron chi connectivity index (χ2n) is 5.27. The monoisotopic (exact) mass is 360 g/mol. The zero-order valence-corrected chi connectivity index (χ0v) is 13.1. The predicted octanol–water partition coefficient (Wildman–Crippen LogP) is 2.59. The minimum absolute atomic E-state index is 0.0787. The Morgan fingerprint density at radius 3 is 2.59 bits per heavy atom. The number of fused-ring (bicyclic) bond motifs is 1. The highest BCUT2D eigenvalue weighted by atomic mass is 79.9. The predicted molar refractivity (Wildman–Crippen MR) is 84.9 cm³/mol. The second-order valence-corrected chi connectivity index (χ2v) is 6.18. The van der Waals surface area contributed by atoms with Crippen LogP contribution in [0.3, 0.4) is 0 Å². The summed E-state index contributed by atoms with van der Waals surface area (Å²) in [4.78, 5) is 13.9. The Morgan fingerprint density at radius 1 is 1.09 bits per heavy atom. The van der Waals surface area contributed by atoms with Gasteiger partial charge in [-0.25, -0.2) is 0 Å². The van der Waals surface area contributed by atoms with Crippen LogP contribution in [0.15, 0.2) is 46.9 Å². The molecule has 2 aliphatic rings. The first-order chi connectivity index (χ1) is 10.6. The summed E-state index contributed by atoms with van der Waals surface area (Å²) in [6.45, 7) is 0.227. The molecule has 1 fully saturated rings. The fourth-order valence-corrected chi connectivity index (χ4v) is 3.12. The molecular formula is C16H13BrN2O3. The van der Waals surface area contributed by atoms with E-state index in [0.29, 0.717) is 5.75 Å². The van der Waals surface area contributed by atoms with E-state index in [0.717, 1.165) is 21.5 Å². The zero-order chi connectivity index (χ0) is 15.3. The van der Waals surface area contributed by atoms with Crippen molar-refractivity contribution in [2.75, 3.05) is 11.7 Å². The third kappa shape index (κ3) is 1.99. The average Bonchev–Trinajstić information content (AvgIpc) is 3.00. The Balaban J connectivity index is 1.70. The zero-order valence-electron chi connectivity index (χ0n) is 11.5. The quantitative estimate of drug-likeness (QED) is 0.836. The summed E-state index contributed by atoms with van der Waals surface area (Å²) >= 11 is 3.40. The number of hydrogen-bond donors (Lipinski definition) is 1. The van der Waals surface area contributed by atoms with E-state index in [1.807, 2.05) is 42.5 Å². The lowest BCUT2D eigenvalue weighted by atomic mass is 9.88. The second kappa shape index (κ2) is 5.00. The minimum atomic E-state index is -0.538. The van der Waals surface area contributed by atoms with Crippen molar-refractivity contribution in [3.63, 3.8) is 0 Å². The third-order valence-electron chi connectivity index (χ3n) is 3.98. The fourth-order valence-electron chi connectivity index (χ4n) is 2.85. The number of rotatable bonds is 2. The first-order valence-corrected chi connectivity index (χ1v) is 7.68. The number of β-lactam (4-membered cyclic amide) rings is 1. The number of carbonyl (C=O) groups excluding carboxylic acids is 1. The van der Waals surface area contributed by atoms with Crippen LogP contribution in [-0.4, -0.2) is 18.7 Å². The van der Waals surface area contributed by atoms with Crippen LogP contribution in [-0.2, 0) is 4.79 Å². The highest BCUT2D eigenvalue weighted by Crippen LogP contribution is 2.42. The molecular weight excluding hydrogens is 348 g/mol. The molecule has 2 aliphatic heterocycles. The number of nitrogens with zero attached hydrogens (tertiary/aromatic N) is 1. The normalized spacial score (nSPS) is 22.6. The van der Waals surface area contributed by atoms with E-state index in [1.54, 1.807) is 4.90 Å². The van der Waals surface area contributed by atoms with Crippen LogP contribution in [0.1, 0.15) is 11.6 Å². The molecule has 5 nitrogen and oxygen atoms in total. The summed E-state index contributed by atoms with van der Waals surface area (Å²) in [6, 6.07) is 12.6. The van der Waals surface area contributed by atoms with Crippen LogP contribution >= 0.6 is 15.9 Å². The van der Waals surface area contributed by atoms with Gasteiger partial charge in [-0.3, -0.25) is 4.79 Å². The summed E-state index contributed by atoms with van der Waals surface area (Å²) in [7, 11) is 0. The number of ether oxygens (including phenoxy) is 2. The van der Waals surface area contributed by atoms with Crippen molar-refractivity contribution in [1.82, 2.24) is 0 Å². The van der Waals surface area contributed by atoms with Gasteiger partial charge in [0.25, 0.3) is 0 Å². The molecule has 2 atom stereocenters. The van der Waals surface area contributed by atoms with E-state index in [2.05, 4.69) is 15.9 Å². The molecule has 0 aromatic heterocycles. The molecule has 1 saturated heterocycles. The molecule has 0 radical (unpaired) electrons. The Morgan fingerprint density at radius 2 is 1.82 bits per heavy atom. The Bertz CT molecular complexity index is 748. The summed E-state index contributed by atoms with van der Waals surface area (Å²) in [5.41, 5.74) is 7.80. The molecule has 2 aromatic carbocycles. The number of carbonyl (C=O) groups is 1. The number of amides is 1. The molecule has 0 saturated carbocycles. The van der Waals surface area contributed by atoms with Gasteiger partial charge in [-0.2, -0.15) is 0 Å². The summed E-state index contributed by atoms with van der Waals surface area (Å²) in [6.07, 6.45) is 0. The smallest absolute Gasteiger partial charge is 0.247 e. The fraction of sp³-hybridized carbons (Fsp3) is 0.188. The molecule has 2 heterocycles. The summed E-state index contributed by atoms with van der Waals surface area (Å²) in [5.74, 6) is 1.34. The van der Waals surface area contributed by atoms with Gasteiger partial charge in [-0.15, -0.1) is 0 Å². The van der Waals surface area contributed by atoms with Gasteiger partial charge in [0.15, 0.2) is 11.5 Å². The summed E-state index contributed by atoms with van der Waals surface area (Å²) < 4.78 is 11.7.